The predicted molar refractivity (Wildman–Crippen MR) is 153 cm³/mol. The molecule has 4 rings (SSSR count). The van der Waals surface area contributed by atoms with E-state index in [1.54, 1.807) is 12.1 Å². The zero-order valence-electron chi connectivity index (χ0n) is 23.2. The Hall–Kier alpha value is -3.58. The van der Waals surface area contributed by atoms with Crippen molar-refractivity contribution in [3.63, 3.8) is 0 Å². The number of ether oxygens (including phenoxy) is 3. The molecule has 1 fully saturated rings. The standard InChI is InChI=1S/C32H39FN2O4/c1-4-38-29-20-24(21-30(39-5-2)32(29)25-10-12-26(33)13-11-25)22-35-17-15-27(16-18-35)34-28-8-6-7-23(19-28)9-14-31(36)37-3/h6-8,10-13,19-21,27,34H,4-5,9,14-18,22H2,1-3H3. The Morgan fingerprint density at radius 1 is 0.949 bits per heavy atom. The number of rotatable bonds is 12. The molecule has 0 radical (unpaired) electrons. The molecule has 0 amide bonds. The molecule has 0 bridgehead atoms. The van der Waals surface area contributed by atoms with Gasteiger partial charge >= 0.3 is 5.97 Å². The fourth-order valence-corrected chi connectivity index (χ4v) is 5.07. The van der Waals surface area contributed by atoms with Crippen LogP contribution in [0.4, 0.5) is 10.1 Å². The van der Waals surface area contributed by atoms with Crippen LogP contribution in [0.2, 0.25) is 0 Å². The Morgan fingerprint density at radius 3 is 2.23 bits per heavy atom. The Kier molecular flexibility index (Phi) is 10.2. The number of likely N-dealkylation sites (tertiary alicyclic amines) is 1. The molecule has 1 aliphatic heterocycles. The molecule has 6 nitrogen and oxygen atoms in total. The van der Waals surface area contributed by atoms with Crippen LogP contribution in [-0.2, 0) is 22.5 Å². The molecule has 0 spiro atoms. The highest BCUT2D eigenvalue weighted by molar-refractivity contribution is 5.77. The van der Waals surface area contributed by atoms with Crippen molar-refractivity contribution < 1.29 is 23.4 Å². The first kappa shape index (κ1) is 28.4. The molecule has 208 valence electrons. The number of methoxy groups -OCH3 is 1. The summed E-state index contributed by atoms with van der Waals surface area (Å²) < 4.78 is 30.4. The van der Waals surface area contributed by atoms with Gasteiger partial charge in [-0.25, -0.2) is 4.39 Å². The summed E-state index contributed by atoms with van der Waals surface area (Å²) in [5, 5.41) is 3.68. The number of piperidine rings is 1. The van der Waals surface area contributed by atoms with Crippen LogP contribution < -0.4 is 14.8 Å². The molecular weight excluding hydrogens is 495 g/mol. The van der Waals surface area contributed by atoms with E-state index in [1.807, 2.05) is 26.0 Å². The van der Waals surface area contributed by atoms with E-state index in [1.165, 1.54) is 19.2 Å². The Balaban J connectivity index is 1.40. The maximum Gasteiger partial charge on any atom is 0.305 e. The molecule has 3 aromatic carbocycles. The van der Waals surface area contributed by atoms with E-state index in [0.29, 0.717) is 32.1 Å². The highest BCUT2D eigenvalue weighted by Gasteiger charge is 2.21. The van der Waals surface area contributed by atoms with E-state index in [0.717, 1.165) is 71.9 Å². The van der Waals surface area contributed by atoms with E-state index in [9.17, 15) is 9.18 Å². The molecule has 1 heterocycles. The third-order valence-electron chi connectivity index (χ3n) is 7.00. The normalized spacial score (nSPS) is 14.2. The minimum absolute atomic E-state index is 0.187. The number of halogens is 1. The van der Waals surface area contributed by atoms with Gasteiger partial charge in [0.2, 0.25) is 0 Å². The summed E-state index contributed by atoms with van der Waals surface area (Å²) in [5.74, 6) is 1.06. The molecule has 0 unspecified atom stereocenters. The summed E-state index contributed by atoms with van der Waals surface area (Å²) in [6.07, 6.45) is 3.14. The maximum absolute atomic E-state index is 13.6. The van der Waals surface area contributed by atoms with Crippen molar-refractivity contribution in [1.82, 2.24) is 4.90 Å². The molecule has 1 saturated heterocycles. The summed E-state index contributed by atoms with van der Waals surface area (Å²) in [5.41, 5.74) is 5.09. The lowest BCUT2D eigenvalue weighted by Crippen LogP contribution is -2.38. The molecule has 0 saturated carbocycles. The number of carbonyl (C=O) groups is 1. The van der Waals surface area contributed by atoms with Gasteiger partial charge in [0, 0.05) is 37.8 Å². The van der Waals surface area contributed by atoms with Crippen molar-refractivity contribution in [2.24, 2.45) is 0 Å². The van der Waals surface area contributed by atoms with E-state index >= 15 is 0 Å². The topological polar surface area (TPSA) is 60.0 Å². The van der Waals surface area contributed by atoms with Crippen LogP contribution in [0.3, 0.4) is 0 Å². The molecule has 0 aliphatic carbocycles. The second kappa shape index (κ2) is 14.0. The van der Waals surface area contributed by atoms with Crippen LogP contribution in [0, 0.1) is 5.82 Å². The number of benzene rings is 3. The summed E-state index contributed by atoms with van der Waals surface area (Å²) in [7, 11) is 1.42. The number of hydrogen-bond acceptors (Lipinski definition) is 6. The Morgan fingerprint density at radius 2 is 1.62 bits per heavy atom. The third-order valence-corrected chi connectivity index (χ3v) is 7.00. The maximum atomic E-state index is 13.6. The van der Waals surface area contributed by atoms with Gasteiger partial charge in [-0.2, -0.15) is 0 Å². The first-order valence-electron chi connectivity index (χ1n) is 13.8. The van der Waals surface area contributed by atoms with Crippen molar-refractivity contribution in [2.45, 2.75) is 52.1 Å². The van der Waals surface area contributed by atoms with Gasteiger partial charge in [0.05, 0.1) is 25.9 Å². The van der Waals surface area contributed by atoms with Crippen LogP contribution in [0.5, 0.6) is 11.5 Å². The van der Waals surface area contributed by atoms with Gasteiger partial charge in [0.25, 0.3) is 0 Å². The van der Waals surface area contributed by atoms with Crippen molar-refractivity contribution in [3.05, 3.63) is 77.6 Å². The number of esters is 1. The molecule has 7 heteroatoms. The highest BCUT2D eigenvalue weighted by atomic mass is 19.1. The SMILES string of the molecule is CCOc1cc(CN2CCC(Nc3cccc(CCC(=O)OC)c3)CC2)cc(OCC)c1-c1ccc(F)cc1. The van der Waals surface area contributed by atoms with E-state index in [2.05, 4.69) is 34.5 Å². The Labute approximate surface area is 231 Å². The second-order valence-electron chi connectivity index (χ2n) is 9.81. The fourth-order valence-electron chi connectivity index (χ4n) is 5.07. The molecule has 0 atom stereocenters. The Bertz CT molecular complexity index is 1200. The molecule has 39 heavy (non-hydrogen) atoms. The number of hydrogen-bond donors (Lipinski definition) is 1. The van der Waals surface area contributed by atoms with Gasteiger partial charge < -0.3 is 19.5 Å². The highest BCUT2D eigenvalue weighted by Crippen LogP contribution is 2.40. The molecule has 0 aromatic heterocycles. The molecule has 1 N–H and O–H groups in total. The third kappa shape index (κ3) is 7.96. The second-order valence-corrected chi connectivity index (χ2v) is 9.81. The van der Waals surface area contributed by atoms with Gasteiger partial charge in [-0.3, -0.25) is 9.69 Å². The van der Waals surface area contributed by atoms with Gasteiger partial charge in [0.15, 0.2) is 0 Å². The first-order valence-corrected chi connectivity index (χ1v) is 13.8. The lowest BCUT2D eigenvalue weighted by atomic mass is 9.99. The van der Waals surface area contributed by atoms with Crippen LogP contribution >= 0.6 is 0 Å². The van der Waals surface area contributed by atoms with E-state index in [4.69, 9.17) is 14.2 Å². The lowest BCUT2D eigenvalue weighted by Gasteiger charge is -2.33. The summed E-state index contributed by atoms with van der Waals surface area (Å²) in [6, 6.07) is 19.3. The van der Waals surface area contributed by atoms with Crippen LogP contribution in [0.15, 0.2) is 60.7 Å². The summed E-state index contributed by atoms with van der Waals surface area (Å²) >= 11 is 0. The first-order chi connectivity index (χ1) is 19.0. The summed E-state index contributed by atoms with van der Waals surface area (Å²) in [6.45, 7) is 7.76. The molecule has 3 aromatic rings. The van der Waals surface area contributed by atoms with Gasteiger partial charge in [-0.15, -0.1) is 0 Å². The van der Waals surface area contributed by atoms with Crippen LogP contribution in [0.25, 0.3) is 11.1 Å². The molecule has 1 aliphatic rings. The van der Waals surface area contributed by atoms with Gasteiger partial charge in [-0.05, 0) is 86.2 Å². The van der Waals surface area contributed by atoms with E-state index in [-0.39, 0.29) is 11.8 Å². The fraction of sp³-hybridized carbons (Fsp3) is 0.406. The summed E-state index contributed by atoms with van der Waals surface area (Å²) in [4.78, 5) is 13.9. The zero-order valence-corrected chi connectivity index (χ0v) is 23.2. The van der Waals surface area contributed by atoms with E-state index < -0.39 is 0 Å². The average Bonchev–Trinajstić information content (AvgIpc) is 2.94. The van der Waals surface area contributed by atoms with Crippen molar-refractivity contribution in [2.75, 3.05) is 38.7 Å². The van der Waals surface area contributed by atoms with Gasteiger partial charge in [0.1, 0.15) is 17.3 Å². The number of aryl methyl sites for hydroxylation is 1. The minimum Gasteiger partial charge on any atom is -0.493 e. The number of anilines is 1. The zero-order chi connectivity index (χ0) is 27.6. The predicted octanol–water partition coefficient (Wildman–Crippen LogP) is 6.47. The average molecular weight is 535 g/mol. The van der Waals surface area contributed by atoms with Crippen molar-refractivity contribution in [3.8, 4) is 22.6 Å². The number of carbonyl (C=O) groups excluding carboxylic acids is 1. The number of nitrogens with one attached hydrogen (secondary N) is 1. The quantitative estimate of drug-likeness (QED) is 0.269. The largest absolute Gasteiger partial charge is 0.493 e. The minimum atomic E-state index is -0.268. The molecular formula is C32H39FN2O4. The van der Waals surface area contributed by atoms with Crippen LogP contribution in [0.1, 0.15) is 44.2 Å². The van der Waals surface area contributed by atoms with Gasteiger partial charge in [-0.1, -0.05) is 24.3 Å². The number of nitrogens with zero attached hydrogens (tertiary/aromatic N) is 1. The lowest BCUT2D eigenvalue weighted by molar-refractivity contribution is -0.140. The van der Waals surface area contributed by atoms with Crippen molar-refractivity contribution >= 4 is 11.7 Å². The van der Waals surface area contributed by atoms with Crippen LogP contribution in [-0.4, -0.2) is 50.3 Å². The smallest absolute Gasteiger partial charge is 0.305 e. The monoisotopic (exact) mass is 534 g/mol. The van der Waals surface area contributed by atoms with Crippen molar-refractivity contribution in [1.29, 1.82) is 0 Å².